The van der Waals surface area contributed by atoms with E-state index < -0.39 is 24.9 Å². The summed E-state index contributed by atoms with van der Waals surface area (Å²) in [7, 11) is 0. The number of nitrogens with zero attached hydrogens (tertiary/aromatic N) is 1. The summed E-state index contributed by atoms with van der Waals surface area (Å²) in [5.74, 6) is 1.35. The first-order valence-electron chi connectivity index (χ1n) is 9.24. The molecule has 6 nitrogen and oxygen atoms in total. The van der Waals surface area contributed by atoms with Crippen LogP contribution in [0.25, 0.3) is 5.70 Å². The Bertz CT molecular complexity index is 853. The van der Waals surface area contributed by atoms with E-state index in [1.165, 1.54) is 0 Å². The zero-order valence-corrected chi connectivity index (χ0v) is 15.9. The Hall–Kier alpha value is -2.51. The number of aliphatic imine (C=N–C) groups is 1. The molecule has 5 N–H and O–H groups in total. The minimum atomic E-state index is -1.21. The van der Waals surface area contributed by atoms with Gasteiger partial charge in [0.25, 0.3) is 0 Å². The summed E-state index contributed by atoms with van der Waals surface area (Å²) in [5, 5.41) is 28.8. The van der Waals surface area contributed by atoms with Gasteiger partial charge in [-0.2, -0.15) is 0 Å². The first-order chi connectivity index (χ1) is 13.4. The molecule has 0 amide bonds. The second-order valence-corrected chi connectivity index (χ2v) is 7.23. The van der Waals surface area contributed by atoms with E-state index in [-0.39, 0.29) is 6.42 Å². The summed E-state index contributed by atoms with van der Waals surface area (Å²) in [6.45, 7) is 1.21. The largest absolute Gasteiger partial charge is 0.457 e. The molecule has 0 aliphatic carbocycles. The molecule has 0 aromatic heterocycles. The van der Waals surface area contributed by atoms with Crippen molar-refractivity contribution in [3.63, 3.8) is 0 Å². The number of aliphatic hydroxyl groups is 3. The van der Waals surface area contributed by atoms with Crippen LogP contribution in [0.3, 0.4) is 0 Å². The van der Waals surface area contributed by atoms with E-state index in [0.717, 1.165) is 23.4 Å². The molecule has 6 heteroatoms. The Labute approximate surface area is 164 Å². The van der Waals surface area contributed by atoms with E-state index >= 15 is 0 Å². The molecular formula is C22H26N2O4. The van der Waals surface area contributed by atoms with Crippen LogP contribution in [0.15, 0.2) is 59.6 Å². The number of rotatable bonds is 8. The smallest absolute Gasteiger partial charge is 0.127 e. The second-order valence-electron chi connectivity index (χ2n) is 7.23. The van der Waals surface area contributed by atoms with Gasteiger partial charge in [0.15, 0.2) is 0 Å². The highest BCUT2D eigenvalue weighted by Gasteiger charge is 2.27. The van der Waals surface area contributed by atoms with Gasteiger partial charge in [-0.05, 0) is 55.3 Å². The molecule has 2 aromatic rings. The van der Waals surface area contributed by atoms with Crippen molar-refractivity contribution in [2.75, 3.05) is 13.2 Å². The van der Waals surface area contributed by atoms with Crippen LogP contribution >= 0.6 is 0 Å². The van der Waals surface area contributed by atoms with Crippen molar-refractivity contribution >= 4 is 11.4 Å². The molecule has 0 saturated heterocycles. The maximum absolute atomic E-state index is 10.3. The van der Waals surface area contributed by atoms with Crippen molar-refractivity contribution in [3.8, 4) is 11.5 Å². The standard InChI is InChI=1S/C22H26N2O4/c1-15-2-11-20(24-15)16-3-7-18(8-4-16)28-19-9-5-17(6-10-19)21(27)12-22(23,13-25)14-26/h3-11,21,25-27H,2,12-14,23H2,1H3. The number of aliphatic hydroxyl groups excluding tert-OH is 3. The van der Waals surface area contributed by atoms with Gasteiger partial charge in [-0.3, -0.25) is 4.99 Å². The van der Waals surface area contributed by atoms with Gasteiger partial charge in [0.05, 0.1) is 30.6 Å². The van der Waals surface area contributed by atoms with Gasteiger partial charge in [0.1, 0.15) is 11.5 Å². The Kier molecular flexibility index (Phi) is 6.26. The third-order valence-corrected chi connectivity index (χ3v) is 4.78. The zero-order chi connectivity index (χ0) is 20.1. The minimum absolute atomic E-state index is 0.0550. The first kappa shape index (κ1) is 20.2. The van der Waals surface area contributed by atoms with E-state index in [9.17, 15) is 15.3 Å². The first-order valence-corrected chi connectivity index (χ1v) is 9.24. The van der Waals surface area contributed by atoms with Gasteiger partial charge in [0.2, 0.25) is 0 Å². The lowest BCUT2D eigenvalue weighted by Crippen LogP contribution is -2.48. The van der Waals surface area contributed by atoms with Crippen LogP contribution in [0.1, 0.15) is 37.0 Å². The highest BCUT2D eigenvalue weighted by atomic mass is 16.5. The van der Waals surface area contributed by atoms with E-state index in [0.29, 0.717) is 17.1 Å². The monoisotopic (exact) mass is 382 g/mol. The summed E-state index contributed by atoms with van der Waals surface area (Å²) in [4.78, 5) is 4.51. The summed E-state index contributed by atoms with van der Waals surface area (Å²) >= 11 is 0. The van der Waals surface area contributed by atoms with Crippen molar-refractivity contribution < 1.29 is 20.1 Å². The molecule has 0 spiro atoms. The van der Waals surface area contributed by atoms with Crippen LogP contribution in [-0.2, 0) is 0 Å². The van der Waals surface area contributed by atoms with Gasteiger partial charge >= 0.3 is 0 Å². The molecule has 3 rings (SSSR count). The third kappa shape index (κ3) is 4.85. The zero-order valence-electron chi connectivity index (χ0n) is 15.9. The normalized spacial score (nSPS) is 15.2. The number of benzene rings is 2. The number of hydrogen-bond donors (Lipinski definition) is 4. The van der Waals surface area contributed by atoms with Crippen molar-refractivity contribution in [1.29, 1.82) is 0 Å². The van der Waals surface area contributed by atoms with Crippen LogP contribution in [0.5, 0.6) is 11.5 Å². The molecule has 0 radical (unpaired) electrons. The lowest BCUT2D eigenvalue weighted by atomic mass is 9.92. The van der Waals surface area contributed by atoms with E-state index in [1.807, 2.05) is 31.2 Å². The Balaban J connectivity index is 1.63. The highest BCUT2D eigenvalue weighted by molar-refractivity contribution is 5.94. The molecule has 0 bridgehead atoms. The van der Waals surface area contributed by atoms with Crippen molar-refractivity contribution in [2.45, 2.75) is 31.4 Å². The van der Waals surface area contributed by atoms with Gasteiger partial charge in [-0.25, -0.2) is 0 Å². The van der Waals surface area contributed by atoms with E-state index in [4.69, 9.17) is 10.5 Å². The molecule has 148 valence electrons. The summed E-state index contributed by atoms with van der Waals surface area (Å²) in [5.41, 5.74) is 8.42. The van der Waals surface area contributed by atoms with Crippen molar-refractivity contribution in [2.24, 2.45) is 10.7 Å². The summed E-state index contributed by atoms with van der Waals surface area (Å²) in [6, 6.07) is 14.7. The lowest BCUT2D eigenvalue weighted by Gasteiger charge is -2.27. The van der Waals surface area contributed by atoms with E-state index in [1.54, 1.807) is 24.3 Å². The molecule has 1 atom stereocenters. The topological polar surface area (TPSA) is 108 Å². The van der Waals surface area contributed by atoms with Gasteiger partial charge in [-0.1, -0.05) is 18.2 Å². The number of allylic oxidation sites excluding steroid dienone is 1. The molecular weight excluding hydrogens is 356 g/mol. The second kappa shape index (κ2) is 8.67. The fourth-order valence-electron chi connectivity index (χ4n) is 2.99. The van der Waals surface area contributed by atoms with Crippen LogP contribution in [0.2, 0.25) is 0 Å². The summed E-state index contributed by atoms with van der Waals surface area (Å²) in [6.07, 6.45) is 2.17. The van der Waals surface area contributed by atoms with E-state index in [2.05, 4.69) is 11.1 Å². The number of nitrogens with two attached hydrogens (primary N) is 1. The predicted octanol–water partition coefficient (Wildman–Crippen LogP) is 2.79. The maximum Gasteiger partial charge on any atom is 0.127 e. The number of ether oxygens (including phenoxy) is 1. The molecule has 28 heavy (non-hydrogen) atoms. The molecule has 1 aliphatic heterocycles. The lowest BCUT2D eigenvalue weighted by molar-refractivity contribution is 0.0618. The summed E-state index contributed by atoms with van der Waals surface area (Å²) < 4.78 is 5.85. The molecule has 0 fully saturated rings. The van der Waals surface area contributed by atoms with Crippen LogP contribution in [0, 0.1) is 0 Å². The van der Waals surface area contributed by atoms with Crippen LogP contribution < -0.4 is 10.5 Å². The fourth-order valence-corrected chi connectivity index (χ4v) is 2.99. The Morgan fingerprint density at radius 3 is 2.11 bits per heavy atom. The molecule has 2 aromatic carbocycles. The van der Waals surface area contributed by atoms with Crippen LogP contribution in [0.4, 0.5) is 0 Å². The Morgan fingerprint density at radius 1 is 1.04 bits per heavy atom. The molecule has 1 aliphatic rings. The third-order valence-electron chi connectivity index (χ3n) is 4.78. The van der Waals surface area contributed by atoms with Gasteiger partial charge < -0.3 is 25.8 Å². The average molecular weight is 382 g/mol. The van der Waals surface area contributed by atoms with Gasteiger partial charge in [-0.15, -0.1) is 0 Å². The van der Waals surface area contributed by atoms with Crippen LogP contribution in [-0.4, -0.2) is 39.8 Å². The maximum atomic E-state index is 10.3. The van der Waals surface area contributed by atoms with Crippen molar-refractivity contribution in [1.82, 2.24) is 0 Å². The number of hydrogen-bond acceptors (Lipinski definition) is 6. The van der Waals surface area contributed by atoms with Crippen molar-refractivity contribution in [3.05, 3.63) is 65.7 Å². The highest BCUT2D eigenvalue weighted by Crippen LogP contribution is 2.28. The minimum Gasteiger partial charge on any atom is -0.457 e. The Morgan fingerprint density at radius 2 is 1.61 bits per heavy atom. The predicted molar refractivity (Wildman–Crippen MR) is 109 cm³/mol. The molecule has 1 unspecified atom stereocenters. The SMILES string of the molecule is CC1=NC(c2ccc(Oc3ccc(C(O)CC(N)(CO)CO)cc3)cc2)=CC1. The average Bonchev–Trinajstić information content (AvgIpc) is 3.15. The quantitative estimate of drug-likeness (QED) is 0.561. The molecule has 0 saturated carbocycles. The van der Waals surface area contributed by atoms with Gasteiger partial charge in [0, 0.05) is 17.7 Å². The molecule has 1 heterocycles. The fraction of sp³-hybridized carbons (Fsp3) is 0.318.